The van der Waals surface area contributed by atoms with Crippen LogP contribution >= 0.6 is 15.9 Å². The van der Waals surface area contributed by atoms with Crippen LogP contribution < -0.4 is 4.74 Å². The van der Waals surface area contributed by atoms with Crippen LogP contribution in [-0.2, 0) is 0 Å². The van der Waals surface area contributed by atoms with Crippen LogP contribution in [0.3, 0.4) is 0 Å². The SMILES string of the molecule is COc1ccc(C(=O)N(C)C2CCCCC2Br)c(O)c1. The summed E-state index contributed by atoms with van der Waals surface area (Å²) in [5, 5.41) is 9.97. The molecule has 1 amide bonds. The van der Waals surface area contributed by atoms with E-state index in [9.17, 15) is 9.90 Å². The average molecular weight is 342 g/mol. The van der Waals surface area contributed by atoms with Gasteiger partial charge in [0.05, 0.1) is 12.7 Å². The van der Waals surface area contributed by atoms with Crippen molar-refractivity contribution in [3.63, 3.8) is 0 Å². The Hall–Kier alpha value is -1.23. The van der Waals surface area contributed by atoms with Gasteiger partial charge in [-0.15, -0.1) is 0 Å². The maximum absolute atomic E-state index is 12.5. The molecule has 4 nitrogen and oxygen atoms in total. The van der Waals surface area contributed by atoms with Crippen LogP contribution in [0.25, 0.3) is 0 Å². The topological polar surface area (TPSA) is 49.8 Å². The standard InChI is InChI=1S/C15H20BrNO3/c1-17(13-6-4-3-5-12(13)16)15(19)11-8-7-10(20-2)9-14(11)18/h7-9,12-13,18H,3-6H2,1-2H3. The number of aromatic hydroxyl groups is 1. The van der Waals surface area contributed by atoms with Crippen molar-refractivity contribution in [1.82, 2.24) is 4.90 Å². The number of carbonyl (C=O) groups excluding carboxylic acids is 1. The highest BCUT2D eigenvalue weighted by molar-refractivity contribution is 9.09. The minimum Gasteiger partial charge on any atom is -0.507 e. The minimum absolute atomic E-state index is 0.0388. The van der Waals surface area contributed by atoms with Gasteiger partial charge >= 0.3 is 0 Å². The fourth-order valence-corrected chi connectivity index (χ4v) is 3.60. The summed E-state index contributed by atoms with van der Waals surface area (Å²) in [7, 11) is 3.33. The van der Waals surface area contributed by atoms with Gasteiger partial charge in [-0.25, -0.2) is 0 Å². The largest absolute Gasteiger partial charge is 0.507 e. The Morgan fingerprint density at radius 3 is 2.70 bits per heavy atom. The molecule has 0 aromatic heterocycles. The van der Waals surface area contributed by atoms with E-state index >= 15 is 0 Å². The van der Waals surface area contributed by atoms with Crippen molar-refractivity contribution in [2.45, 2.75) is 36.6 Å². The first kappa shape index (κ1) is 15.2. The lowest BCUT2D eigenvalue weighted by Crippen LogP contribution is -2.44. The molecule has 1 saturated carbocycles. The molecule has 0 saturated heterocycles. The van der Waals surface area contributed by atoms with Crippen LogP contribution in [0.1, 0.15) is 36.0 Å². The van der Waals surface area contributed by atoms with Crippen LogP contribution in [0, 0.1) is 0 Å². The Kier molecular flexibility index (Phi) is 4.91. The number of ether oxygens (including phenoxy) is 1. The predicted octanol–water partition coefficient (Wildman–Crippen LogP) is 3.18. The van der Waals surface area contributed by atoms with Gasteiger partial charge in [-0.1, -0.05) is 28.8 Å². The van der Waals surface area contributed by atoms with E-state index in [0.29, 0.717) is 16.1 Å². The average Bonchev–Trinajstić information content (AvgIpc) is 2.46. The Balaban J connectivity index is 2.17. The fraction of sp³-hybridized carbons (Fsp3) is 0.533. The lowest BCUT2D eigenvalue weighted by Gasteiger charge is -2.35. The van der Waals surface area contributed by atoms with Gasteiger partial charge in [0.15, 0.2) is 0 Å². The zero-order valence-electron chi connectivity index (χ0n) is 11.8. The molecule has 0 heterocycles. The van der Waals surface area contributed by atoms with Crippen molar-refractivity contribution < 1.29 is 14.6 Å². The van der Waals surface area contributed by atoms with Crippen LogP contribution in [0.15, 0.2) is 18.2 Å². The van der Waals surface area contributed by atoms with Crippen LogP contribution in [-0.4, -0.2) is 40.9 Å². The molecule has 1 N–H and O–H groups in total. The number of rotatable bonds is 3. The predicted molar refractivity (Wildman–Crippen MR) is 81.7 cm³/mol. The van der Waals surface area contributed by atoms with Gasteiger partial charge in [0.25, 0.3) is 5.91 Å². The molecule has 0 aliphatic heterocycles. The summed E-state index contributed by atoms with van der Waals surface area (Å²) in [6.45, 7) is 0. The van der Waals surface area contributed by atoms with Crippen molar-refractivity contribution in [3.05, 3.63) is 23.8 Å². The number of nitrogens with zero attached hydrogens (tertiary/aromatic N) is 1. The van der Waals surface area contributed by atoms with Gasteiger partial charge in [-0.05, 0) is 25.0 Å². The monoisotopic (exact) mass is 341 g/mol. The van der Waals surface area contributed by atoms with E-state index in [2.05, 4.69) is 15.9 Å². The molecule has 2 unspecified atom stereocenters. The van der Waals surface area contributed by atoms with E-state index in [1.54, 1.807) is 24.1 Å². The van der Waals surface area contributed by atoms with Crippen molar-refractivity contribution >= 4 is 21.8 Å². The molecule has 0 radical (unpaired) electrons. The first-order chi connectivity index (χ1) is 9.54. The molecule has 1 aromatic rings. The smallest absolute Gasteiger partial charge is 0.257 e. The summed E-state index contributed by atoms with van der Waals surface area (Å²) in [5.74, 6) is 0.349. The quantitative estimate of drug-likeness (QED) is 0.859. The number of alkyl halides is 1. The van der Waals surface area contributed by atoms with E-state index in [-0.39, 0.29) is 17.7 Å². The van der Waals surface area contributed by atoms with Crippen molar-refractivity contribution in [1.29, 1.82) is 0 Å². The Labute approximate surface area is 127 Å². The number of hydrogen-bond donors (Lipinski definition) is 1. The zero-order chi connectivity index (χ0) is 14.7. The van der Waals surface area contributed by atoms with Crippen molar-refractivity contribution in [2.75, 3.05) is 14.2 Å². The summed E-state index contributed by atoms with van der Waals surface area (Å²) < 4.78 is 5.03. The molecule has 2 atom stereocenters. The number of carbonyl (C=O) groups is 1. The minimum atomic E-state index is -0.151. The number of halogens is 1. The molecule has 20 heavy (non-hydrogen) atoms. The Bertz CT molecular complexity index is 492. The maximum atomic E-state index is 12.5. The van der Waals surface area contributed by atoms with Crippen molar-refractivity contribution in [3.8, 4) is 11.5 Å². The van der Waals surface area contributed by atoms with E-state index in [1.807, 2.05) is 0 Å². The third-order valence-electron chi connectivity index (χ3n) is 3.90. The molecular formula is C15H20BrNO3. The van der Waals surface area contributed by atoms with Crippen molar-refractivity contribution in [2.24, 2.45) is 0 Å². The number of phenols is 1. The van der Waals surface area contributed by atoms with E-state index in [1.165, 1.54) is 19.6 Å². The lowest BCUT2D eigenvalue weighted by atomic mass is 9.94. The molecule has 0 bridgehead atoms. The normalized spacial score (nSPS) is 22.4. The van der Waals surface area contributed by atoms with E-state index in [0.717, 1.165) is 19.3 Å². The van der Waals surface area contributed by atoms with Gasteiger partial charge in [0, 0.05) is 24.0 Å². The summed E-state index contributed by atoms with van der Waals surface area (Å²) in [6, 6.07) is 4.94. The molecule has 1 aliphatic rings. The first-order valence-electron chi connectivity index (χ1n) is 6.83. The van der Waals surface area contributed by atoms with Crippen LogP contribution in [0.2, 0.25) is 0 Å². The second-order valence-corrected chi connectivity index (χ2v) is 6.34. The highest BCUT2D eigenvalue weighted by atomic mass is 79.9. The fourth-order valence-electron chi connectivity index (χ4n) is 2.66. The maximum Gasteiger partial charge on any atom is 0.257 e. The summed E-state index contributed by atoms with van der Waals surface area (Å²) in [5.41, 5.74) is 0.318. The third kappa shape index (κ3) is 3.08. The van der Waals surface area contributed by atoms with Crippen LogP contribution in [0.4, 0.5) is 0 Å². The number of methoxy groups -OCH3 is 1. The molecule has 1 aromatic carbocycles. The Morgan fingerprint density at radius 2 is 2.10 bits per heavy atom. The molecule has 1 aliphatic carbocycles. The van der Waals surface area contributed by atoms with Gasteiger partial charge in [0.2, 0.25) is 0 Å². The van der Waals surface area contributed by atoms with E-state index < -0.39 is 0 Å². The number of phenolic OH excluding ortho intramolecular Hbond substituents is 1. The number of benzene rings is 1. The third-order valence-corrected chi connectivity index (χ3v) is 4.97. The molecule has 0 spiro atoms. The van der Waals surface area contributed by atoms with E-state index in [4.69, 9.17) is 4.74 Å². The second kappa shape index (κ2) is 6.48. The Morgan fingerprint density at radius 1 is 1.40 bits per heavy atom. The molecule has 5 heteroatoms. The van der Waals surface area contributed by atoms with Gasteiger partial charge in [-0.3, -0.25) is 4.79 Å². The first-order valence-corrected chi connectivity index (χ1v) is 7.74. The molecule has 2 rings (SSSR count). The van der Waals surface area contributed by atoms with Gasteiger partial charge in [-0.2, -0.15) is 0 Å². The lowest BCUT2D eigenvalue weighted by molar-refractivity contribution is 0.0701. The number of amides is 1. The molecular weight excluding hydrogens is 322 g/mol. The van der Waals surface area contributed by atoms with Gasteiger partial charge < -0.3 is 14.7 Å². The molecule has 110 valence electrons. The van der Waals surface area contributed by atoms with Crippen LogP contribution in [0.5, 0.6) is 11.5 Å². The zero-order valence-corrected chi connectivity index (χ0v) is 13.4. The summed E-state index contributed by atoms with van der Waals surface area (Å²) >= 11 is 3.66. The number of hydrogen-bond acceptors (Lipinski definition) is 3. The highest BCUT2D eigenvalue weighted by Crippen LogP contribution is 2.30. The molecule has 1 fully saturated rings. The highest BCUT2D eigenvalue weighted by Gasteiger charge is 2.30. The summed E-state index contributed by atoms with van der Waals surface area (Å²) in [4.78, 5) is 14.6. The second-order valence-electron chi connectivity index (χ2n) is 5.17. The summed E-state index contributed by atoms with van der Waals surface area (Å²) in [6.07, 6.45) is 4.41. The van der Waals surface area contributed by atoms with Gasteiger partial charge in [0.1, 0.15) is 11.5 Å².